The van der Waals surface area contributed by atoms with E-state index in [0.717, 1.165) is 12.8 Å². The Kier molecular flexibility index (Phi) is 3.08. The molecule has 3 N–H and O–H groups in total. The summed E-state index contributed by atoms with van der Waals surface area (Å²) < 4.78 is 7.27. The van der Waals surface area contributed by atoms with Crippen molar-refractivity contribution >= 4 is 22.6 Å². The van der Waals surface area contributed by atoms with E-state index in [1.54, 1.807) is 0 Å². The molecule has 104 valence electrons. The summed E-state index contributed by atoms with van der Waals surface area (Å²) in [6.45, 7) is -0.297. The van der Waals surface area contributed by atoms with Crippen molar-refractivity contribution in [3.8, 4) is 0 Å². The van der Waals surface area contributed by atoms with Gasteiger partial charge in [-0.25, -0.2) is 4.79 Å². The Morgan fingerprint density at radius 2 is 2.21 bits per heavy atom. The van der Waals surface area contributed by atoms with Crippen LogP contribution in [0.15, 0.2) is 15.8 Å². The highest BCUT2D eigenvalue weighted by Crippen LogP contribution is 2.62. The van der Waals surface area contributed by atoms with E-state index in [9.17, 15) is 19.8 Å². The number of halogens is 1. The Labute approximate surface area is 121 Å². The molecule has 0 bridgehead atoms. The van der Waals surface area contributed by atoms with E-state index >= 15 is 0 Å². The molecule has 1 aliphatic carbocycles. The molecule has 0 radical (unpaired) electrons. The zero-order valence-corrected chi connectivity index (χ0v) is 12.0. The third kappa shape index (κ3) is 1.89. The molecule has 1 spiro atoms. The van der Waals surface area contributed by atoms with Crippen LogP contribution >= 0.6 is 22.6 Å². The molecule has 8 heteroatoms. The van der Waals surface area contributed by atoms with Crippen LogP contribution < -0.4 is 11.2 Å². The van der Waals surface area contributed by atoms with Crippen molar-refractivity contribution in [3.63, 3.8) is 0 Å². The predicted octanol–water partition coefficient (Wildman–Crippen LogP) is -0.828. The summed E-state index contributed by atoms with van der Waals surface area (Å²) in [7, 11) is 0. The lowest BCUT2D eigenvalue weighted by molar-refractivity contribution is -0.0492. The van der Waals surface area contributed by atoms with E-state index in [4.69, 9.17) is 4.74 Å². The lowest BCUT2D eigenvalue weighted by Gasteiger charge is -2.20. The molecule has 1 aliphatic heterocycles. The lowest BCUT2D eigenvalue weighted by atomic mass is 9.96. The molecular formula is C11H13IN2O5. The Morgan fingerprint density at radius 3 is 2.79 bits per heavy atom. The lowest BCUT2D eigenvalue weighted by Crippen LogP contribution is -2.37. The maximum absolute atomic E-state index is 11.9. The Bertz CT molecular complexity index is 620. The fourth-order valence-corrected chi connectivity index (χ4v) is 3.13. The number of hydrogen-bond donors (Lipinski definition) is 3. The highest BCUT2D eigenvalue weighted by molar-refractivity contribution is 14.1. The smallest absolute Gasteiger partial charge is 0.330 e. The highest BCUT2D eigenvalue weighted by Gasteiger charge is 2.64. The van der Waals surface area contributed by atoms with Gasteiger partial charge in [-0.2, -0.15) is 0 Å². The Hall–Kier alpha value is -0.710. The van der Waals surface area contributed by atoms with Gasteiger partial charge in [0.2, 0.25) is 0 Å². The molecule has 0 aromatic carbocycles. The minimum atomic E-state index is -0.793. The third-order valence-corrected chi connectivity index (χ3v) is 4.69. The van der Waals surface area contributed by atoms with E-state index in [-0.39, 0.29) is 6.61 Å². The van der Waals surface area contributed by atoms with E-state index in [1.807, 2.05) is 22.6 Å². The number of aliphatic hydroxyl groups is 2. The Morgan fingerprint density at radius 1 is 1.53 bits per heavy atom. The Balaban J connectivity index is 2.06. The zero-order valence-electron chi connectivity index (χ0n) is 9.88. The van der Waals surface area contributed by atoms with Crippen molar-refractivity contribution in [3.05, 3.63) is 30.6 Å². The van der Waals surface area contributed by atoms with Crippen molar-refractivity contribution in [2.45, 2.75) is 31.3 Å². The standard InChI is InChI=1S/C11H13IN2O5/c12-5-3-14(10(18)13-8(5)17)9-11(1-2-11)7(16)6(4-15)19-9/h3,6-7,9,15-16H,1-2,4H2,(H,13,17,18)/t6-,7-,9-/m1/s1. The molecule has 1 aromatic rings. The molecule has 19 heavy (non-hydrogen) atoms. The van der Waals surface area contributed by atoms with Crippen LogP contribution in [0.1, 0.15) is 19.1 Å². The largest absolute Gasteiger partial charge is 0.394 e. The van der Waals surface area contributed by atoms with Crippen LogP contribution in [0, 0.1) is 8.99 Å². The first kappa shape index (κ1) is 13.3. The van der Waals surface area contributed by atoms with Crippen LogP contribution in [0.25, 0.3) is 0 Å². The average molecular weight is 380 g/mol. The zero-order chi connectivity index (χ0) is 13.8. The predicted molar refractivity (Wildman–Crippen MR) is 72.7 cm³/mol. The minimum Gasteiger partial charge on any atom is -0.394 e. The molecule has 7 nitrogen and oxygen atoms in total. The SMILES string of the molecule is O=c1[nH]c(=O)n([C@@H]2O[C@H](CO)[C@@H](O)C23CC3)cc1I. The van der Waals surface area contributed by atoms with Crippen LogP contribution in [0.5, 0.6) is 0 Å². The molecule has 1 aromatic heterocycles. The highest BCUT2D eigenvalue weighted by atomic mass is 127. The van der Waals surface area contributed by atoms with Gasteiger partial charge >= 0.3 is 5.69 Å². The monoisotopic (exact) mass is 380 g/mol. The first-order chi connectivity index (χ1) is 8.99. The molecule has 3 atom stereocenters. The summed E-state index contributed by atoms with van der Waals surface area (Å²) in [5, 5.41) is 19.3. The van der Waals surface area contributed by atoms with Gasteiger partial charge in [-0.3, -0.25) is 14.3 Å². The number of nitrogens with one attached hydrogen (secondary N) is 1. The van der Waals surface area contributed by atoms with Gasteiger partial charge in [0.15, 0.2) is 0 Å². The molecule has 0 unspecified atom stereocenters. The fraction of sp³-hybridized carbons (Fsp3) is 0.636. The second-order valence-corrected chi connectivity index (χ2v) is 6.19. The molecule has 2 aliphatic rings. The van der Waals surface area contributed by atoms with Gasteiger partial charge in [0.25, 0.3) is 5.56 Å². The molecular weight excluding hydrogens is 367 g/mol. The summed E-state index contributed by atoms with van der Waals surface area (Å²) in [6.07, 6.45) is 0.772. The number of H-pyrrole nitrogens is 1. The molecule has 1 saturated heterocycles. The van der Waals surface area contributed by atoms with Gasteiger partial charge in [-0.15, -0.1) is 0 Å². The van der Waals surface area contributed by atoms with Crippen LogP contribution in [0.4, 0.5) is 0 Å². The van der Waals surface area contributed by atoms with Gasteiger partial charge in [-0.1, -0.05) is 0 Å². The summed E-state index contributed by atoms with van der Waals surface area (Å²) in [6, 6.07) is 0. The first-order valence-electron chi connectivity index (χ1n) is 5.95. The quantitative estimate of drug-likeness (QED) is 0.582. The second kappa shape index (κ2) is 4.40. The maximum atomic E-state index is 11.9. The summed E-state index contributed by atoms with van der Waals surface area (Å²) in [5.74, 6) is 0. The van der Waals surface area contributed by atoms with E-state index in [1.165, 1.54) is 10.8 Å². The van der Waals surface area contributed by atoms with Crippen LogP contribution in [0.3, 0.4) is 0 Å². The second-order valence-electron chi connectivity index (χ2n) is 5.03. The van der Waals surface area contributed by atoms with Crippen molar-refractivity contribution in [1.29, 1.82) is 0 Å². The number of hydrogen-bond acceptors (Lipinski definition) is 5. The summed E-state index contributed by atoms with van der Waals surface area (Å²) in [5.41, 5.74) is -1.52. The van der Waals surface area contributed by atoms with E-state index in [2.05, 4.69) is 4.98 Å². The van der Waals surface area contributed by atoms with Gasteiger partial charge in [0, 0.05) is 11.6 Å². The van der Waals surface area contributed by atoms with Crippen molar-refractivity contribution in [2.24, 2.45) is 5.41 Å². The number of aliphatic hydroxyl groups excluding tert-OH is 2. The number of rotatable bonds is 2. The maximum Gasteiger partial charge on any atom is 0.330 e. The summed E-state index contributed by atoms with van der Waals surface area (Å²) in [4.78, 5) is 25.5. The number of aromatic nitrogens is 2. The van der Waals surface area contributed by atoms with Gasteiger partial charge in [0.1, 0.15) is 12.3 Å². The molecule has 0 amide bonds. The number of ether oxygens (including phenoxy) is 1. The molecule has 3 rings (SSSR count). The molecule has 2 heterocycles. The summed E-state index contributed by atoms with van der Waals surface area (Å²) >= 11 is 1.83. The van der Waals surface area contributed by atoms with Crippen LogP contribution in [-0.4, -0.2) is 38.6 Å². The van der Waals surface area contributed by atoms with Crippen LogP contribution in [-0.2, 0) is 4.74 Å². The first-order valence-corrected chi connectivity index (χ1v) is 7.03. The number of aromatic amines is 1. The van der Waals surface area contributed by atoms with Gasteiger partial charge in [-0.05, 0) is 35.4 Å². The van der Waals surface area contributed by atoms with Crippen molar-refractivity contribution in [2.75, 3.05) is 6.61 Å². The van der Waals surface area contributed by atoms with E-state index < -0.39 is 35.1 Å². The topological polar surface area (TPSA) is 105 Å². The number of nitrogens with zero attached hydrogens (tertiary/aromatic N) is 1. The normalized spacial score (nSPS) is 31.8. The van der Waals surface area contributed by atoms with Gasteiger partial charge in [0.05, 0.1) is 16.3 Å². The molecule has 1 saturated carbocycles. The average Bonchev–Trinajstić information content (AvgIpc) is 3.11. The minimum absolute atomic E-state index is 0.297. The van der Waals surface area contributed by atoms with Crippen molar-refractivity contribution < 1.29 is 14.9 Å². The van der Waals surface area contributed by atoms with E-state index in [0.29, 0.717) is 3.57 Å². The fourth-order valence-electron chi connectivity index (χ4n) is 2.70. The van der Waals surface area contributed by atoms with Crippen LogP contribution in [0.2, 0.25) is 0 Å². The third-order valence-electron chi connectivity index (χ3n) is 3.92. The van der Waals surface area contributed by atoms with Crippen molar-refractivity contribution in [1.82, 2.24) is 9.55 Å². The van der Waals surface area contributed by atoms with Gasteiger partial charge < -0.3 is 14.9 Å². The molecule has 2 fully saturated rings.